The fraction of sp³-hybridized carbons (Fsp3) is 0.0455. The molecule has 4 aromatic rings. The number of rotatable bonds is 3. The van der Waals surface area contributed by atoms with Crippen molar-refractivity contribution in [3.05, 3.63) is 77.4 Å². The van der Waals surface area contributed by atoms with Crippen molar-refractivity contribution in [1.82, 2.24) is 4.98 Å². The van der Waals surface area contributed by atoms with Crippen LogP contribution in [0.3, 0.4) is 0 Å². The molecule has 0 atom stereocenters. The molecule has 0 aliphatic rings. The second-order valence-electron chi connectivity index (χ2n) is 6.40. The molecule has 0 aliphatic carbocycles. The molecular formula is C22H14F3NO2S. The van der Waals surface area contributed by atoms with Crippen LogP contribution in [0.15, 0.2) is 60.7 Å². The van der Waals surface area contributed by atoms with Gasteiger partial charge < -0.3 is 10.2 Å². The zero-order valence-electron chi connectivity index (χ0n) is 14.8. The summed E-state index contributed by atoms with van der Waals surface area (Å²) < 4.78 is 40.3. The van der Waals surface area contributed by atoms with Crippen molar-refractivity contribution in [2.24, 2.45) is 0 Å². The van der Waals surface area contributed by atoms with Crippen molar-refractivity contribution >= 4 is 33.7 Å². The third kappa shape index (κ3) is 4.09. The average Bonchev–Trinajstić information content (AvgIpc) is 3.10. The fourth-order valence-electron chi connectivity index (χ4n) is 2.89. The van der Waals surface area contributed by atoms with E-state index in [1.54, 1.807) is 36.4 Å². The summed E-state index contributed by atoms with van der Waals surface area (Å²) in [6.45, 7) is 0. The lowest BCUT2D eigenvalue weighted by Gasteiger charge is -2.10. The maximum atomic E-state index is 13.1. The third-order valence-electron chi connectivity index (χ3n) is 4.33. The molecule has 0 saturated carbocycles. The Hall–Kier alpha value is -3.32. The molecule has 0 radical (unpaired) electrons. The molecule has 0 amide bonds. The number of fused-ring (bicyclic) bond motifs is 1. The number of halogens is 3. The normalized spacial score (nSPS) is 12.1. The molecular weight excluding hydrogens is 399 g/mol. The minimum Gasteiger partial charge on any atom is -0.508 e. The molecule has 0 unspecified atom stereocenters. The van der Waals surface area contributed by atoms with Crippen LogP contribution in [-0.2, 0) is 6.18 Å². The number of thiazole rings is 1. The van der Waals surface area contributed by atoms with E-state index < -0.39 is 17.5 Å². The summed E-state index contributed by atoms with van der Waals surface area (Å²) in [6.07, 6.45) is -1.59. The Morgan fingerprint density at radius 3 is 2.24 bits per heavy atom. The van der Waals surface area contributed by atoms with Crippen LogP contribution in [0.2, 0.25) is 0 Å². The van der Waals surface area contributed by atoms with E-state index >= 15 is 0 Å². The van der Waals surface area contributed by atoms with E-state index in [0.717, 1.165) is 26.4 Å². The first-order valence-corrected chi connectivity index (χ1v) is 9.39. The zero-order valence-corrected chi connectivity index (χ0v) is 15.6. The first-order valence-electron chi connectivity index (χ1n) is 8.58. The smallest absolute Gasteiger partial charge is 0.417 e. The van der Waals surface area contributed by atoms with Crippen molar-refractivity contribution in [3.63, 3.8) is 0 Å². The van der Waals surface area contributed by atoms with Gasteiger partial charge in [0.15, 0.2) is 0 Å². The van der Waals surface area contributed by atoms with Gasteiger partial charge in [0.25, 0.3) is 0 Å². The van der Waals surface area contributed by atoms with E-state index in [-0.39, 0.29) is 11.3 Å². The molecule has 3 aromatic carbocycles. The van der Waals surface area contributed by atoms with Gasteiger partial charge >= 0.3 is 6.18 Å². The van der Waals surface area contributed by atoms with Gasteiger partial charge in [-0.1, -0.05) is 42.5 Å². The minimum atomic E-state index is -4.55. The number of benzene rings is 3. The molecule has 0 aliphatic heterocycles. The lowest BCUT2D eigenvalue weighted by atomic mass is 10.0. The van der Waals surface area contributed by atoms with Gasteiger partial charge in [0.2, 0.25) is 0 Å². The lowest BCUT2D eigenvalue weighted by molar-refractivity contribution is -0.137. The summed E-state index contributed by atoms with van der Waals surface area (Å²) in [7, 11) is 0. The van der Waals surface area contributed by atoms with Crippen LogP contribution in [0.4, 0.5) is 13.2 Å². The van der Waals surface area contributed by atoms with Gasteiger partial charge in [-0.25, -0.2) is 4.98 Å². The number of aromatic nitrogens is 1. The van der Waals surface area contributed by atoms with Crippen molar-refractivity contribution in [3.8, 4) is 22.1 Å². The van der Waals surface area contributed by atoms with E-state index in [1.165, 1.54) is 29.5 Å². The Morgan fingerprint density at radius 2 is 1.52 bits per heavy atom. The van der Waals surface area contributed by atoms with Gasteiger partial charge in [0.1, 0.15) is 16.5 Å². The molecule has 4 rings (SSSR count). The summed E-state index contributed by atoms with van der Waals surface area (Å²) >= 11 is 1.45. The molecule has 7 heteroatoms. The van der Waals surface area contributed by atoms with E-state index in [0.29, 0.717) is 6.07 Å². The molecule has 0 fully saturated rings. The Kier molecular flexibility index (Phi) is 4.76. The van der Waals surface area contributed by atoms with Gasteiger partial charge in [-0.3, -0.25) is 0 Å². The standard InChI is InChI=1S/C22H14F3NO2S/c23-22(24,25)18-11-16(27)8-7-14(18)4-1-13-2-5-15(6-3-13)21-26-19-10-9-17(28)12-20(19)29-21/h1-12,27-28H. The summed E-state index contributed by atoms with van der Waals surface area (Å²) in [5.41, 5.74) is 1.49. The molecule has 0 saturated heterocycles. The Balaban J connectivity index is 1.60. The predicted molar refractivity (Wildman–Crippen MR) is 109 cm³/mol. The number of alkyl halides is 3. The number of hydrogen-bond donors (Lipinski definition) is 2. The van der Waals surface area contributed by atoms with E-state index in [1.807, 2.05) is 12.1 Å². The maximum Gasteiger partial charge on any atom is 0.417 e. The number of hydrogen-bond acceptors (Lipinski definition) is 4. The number of phenolic OH excluding ortho intramolecular Hbond substituents is 2. The lowest BCUT2D eigenvalue weighted by Crippen LogP contribution is -2.06. The fourth-order valence-corrected chi connectivity index (χ4v) is 3.90. The summed E-state index contributed by atoms with van der Waals surface area (Å²) in [5.74, 6) is -0.247. The molecule has 2 N–H and O–H groups in total. The van der Waals surface area contributed by atoms with Crippen LogP contribution in [0, 0.1) is 0 Å². The van der Waals surface area contributed by atoms with Crippen molar-refractivity contribution in [2.45, 2.75) is 6.18 Å². The molecule has 1 aromatic heterocycles. The van der Waals surface area contributed by atoms with Crippen LogP contribution < -0.4 is 0 Å². The van der Waals surface area contributed by atoms with Crippen molar-refractivity contribution < 1.29 is 23.4 Å². The van der Waals surface area contributed by atoms with E-state index in [2.05, 4.69) is 4.98 Å². The molecule has 29 heavy (non-hydrogen) atoms. The highest BCUT2D eigenvalue weighted by atomic mass is 32.1. The third-order valence-corrected chi connectivity index (χ3v) is 5.39. The SMILES string of the molecule is Oc1ccc(C=Cc2ccc(-c3nc4ccc(O)cc4s3)cc2)c(C(F)(F)F)c1. The zero-order chi connectivity index (χ0) is 20.6. The van der Waals surface area contributed by atoms with Gasteiger partial charge in [0.05, 0.1) is 15.8 Å². The quantitative estimate of drug-likeness (QED) is 0.374. The molecule has 3 nitrogen and oxygen atoms in total. The molecule has 1 heterocycles. The second kappa shape index (κ2) is 7.25. The molecule has 0 bridgehead atoms. The minimum absolute atomic E-state index is 0.0228. The first-order chi connectivity index (χ1) is 13.8. The number of nitrogens with zero attached hydrogens (tertiary/aromatic N) is 1. The van der Waals surface area contributed by atoms with Crippen LogP contribution in [-0.4, -0.2) is 15.2 Å². The van der Waals surface area contributed by atoms with E-state index in [4.69, 9.17) is 0 Å². The van der Waals surface area contributed by atoms with Gasteiger partial charge in [-0.2, -0.15) is 13.2 Å². The molecule has 146 valence electrons. The largest absolute Gasteiger partial charge is 0.508 e. The molecule has 0 spiro atoms. The summed E-state index contributed by atoms with van der Waals surface area (Å²) in [4.78, 5) is 4.53. The van der Waals surface area contributed by atoms with Crippen molar-refractivity contribution in [1.29, 1.82) is 0 Å². The highest BCUT2D eigenvalue weighted by Gasteiger charge is 2.33. The monoisotopic (exact) mass is 413 g/mol. The Labute approximate surface area is 168 Å². The average molecular weight is 413 g/mol. The highest BCUT2D eigenvalue weighted by Crippen LogP contribution is 2.35. The summed E-state index contributed by atoms with van der Waals surface area (Å²) in [6, 6.07) is 15.4. The van der Waals surface area contributed by atoms with Crippen LogP contribution >= 0.6 is 11.3 Å². The van der Waals surface area contributed by atoms with Crippen LogP contribution in [0.5, 0.6) is 11.5 Å². The van der Waals surface area contributed by atoms with Crippen LogP contribution in [0.25, 0.3) is 32.9 Å². The van der Waals surface area contributed by atoms with Gasteiger partial charge in [0, 0.05) is 5.56 Å². The highest BCUT2D eigenvalue weighted by molar-refractivity contribution is 7.21. The number of phenols is 2. The number of aromatic hydroxyl groups is 2. The second-order valence-corrected chi connectivity index (χ2v) is 7.43. The van der Waals surface area contributed by atoms with Crippen molar-refractivity contribution in [2.75, 3.05) is 0 Å². The Bertz CT molecular complexity index is 1210. The first kappa shape index (κ1) is 19.0. The van der Waals surface area contributed by atoms with Gasteiger partial charge in [-0.15, -0.1) is 11.3 Å². The van der Waals surface area contributed by atoms with Gasteiger partial charge in [-0.05, 0) is 41.5 Å². The maximum absolute atomic E-state index is 13.1. The Morgan fingerprint density at radius 1 is 0.828 bits per heavy atom. The summed E-state index contributed by atoms with van der Waals surface area (Å²) in [5, 5.41) is 19.7. The predicted octanol–water partition coefficient (Wildman–Crippen LogP) is 6.56. The van der Waals surface area contributed by atoms with Crippen LogP contribution in [0.1, 0.15) is 16.7 Å². The van der Waals surface area contributed by atoms with E-state index in [9.17, 15) is 23.4 Å². The topological polar surface area (TPSA) is 53.4 Å².